The van der Waals surface area contributed by atoms with Crippen LogP contribution in [0.1, 0.15) is 18.4 Å². The maximum absolute atomic E-state index is 14.2. The van der Waals surface area contributed by atoms with Gasteiger partial charge >= 0.3 is 6.03 Å². The highest BCUT2D eigenvalue weighted by molar-refractivity contribution is 5.80. The Hall–Kier alpha value is -2.15. The highest BCUT2D eigenvalue weighted by Gasteiger charge is 2.44. The van der Waals surface area contributed by atoms with Crippen LogP contribution in [0, 0.1) is 11.7 Å². The molecule has 0 aliphatic carbocycles. The van der Waals surface area contributed by atoms with E-state index in [1.54, 1.807) is 42.1 Å². The summed E-state index contributed by atoms with van der Waals surface area (Å²) >= 11 is 0. The van der Waals surface area contributed by atoms with E-state index in [-0.39, 0.29) is 36.9 Å². The van der Waals surface area contributed by atoms with Gasteiger partial charge < -0.3 is 19.9 Å². The molecule has 0 bridgehead atoms. The molecule has 136 valence electrons. The number of hydrogen-bond donors (Lipinski definition) is 1. The number of carbonyl (C=O) groups is 2. The third kappa shape index (κ3) is 3.46. The van der Waals surface area contributed by atoms with Crippen LogP contribution in [-0.4, -0.2) is 62.1 Å². The Morgan fingerprint density at radius 1 is 1.24 bits per heavy atom. The van der Waals surface area contributed by atoms with Crippen LogP contribution in [0.5, 0.6) is 0 Å². The minimum absolute atomic E-state index is 0.0333. The van der Waals surface area contributed by atoms with Crippen LogP contribution in [0.15, 0.2) is 24.3 Å². The second kappa shape index (κ2) is 7.00. The van der Waals surface area contributed by atoms with Gasteiger partial charge in [0.05, 0.1) is 13.2 Å². The molecule has 3 rings (SSSR count). The van der Waals surface area contributed by atoms with Crippen molar-refractivity contribution in [1.82, 2.24) is 15.1 Å². The van der Waals surface area contributed by atoms with E-state index in [2.05, 4.69) is 5.32 Å². The van der Waals surface area contributed by atoms with Crippen LogP contribution in [0.4, 0.5) is 9.18 Å². The molecule has 6 nitrogen and oxygen atoms in total. The lowest BCUT2D eigenvalue weighted by atomic mass is 9.86. The number of urea groups is 1. The average Bonchev–Trinajstić information content (AvgIpc) is 2.58. The van der Waals surface area contributed by atoms with E-state index >= 15 is 0 Å². The molecule has 0 saturated carbocycles. The predicted octanol–water partition coefficient (Wildman–Crippen LogP) is 1.56. The van der Waals surface area contributed by atoms with Gasteiger partial charge in [0.15, 0.2) is 0 Å². The zero-order valence-corrected chi connectivity index (χ0v) is 14.6. The van der Waals surface area contributed by atoms with Gasteiger partial charge in [-0.2, -0.15) is 0 Å². The number of piperidine rings is 1. The molecule has 2 aliphatic rings. The summed E-state index contributed by atoms with van der Waals surface area (Å²) in [5.41, 5.74) is -0.311. The van der Waals surface area contributed by atoms with Gasteiger partial charge in [-0.3, -0.25) is 4.79 Å². The zero-order chi connectivity index (χ0) is 18.0. The third-order valence-electron chi connectivity index (χ3n) is 4.97. The molecule has 7 heteroatoms. The number of hydrogen-bond acceptors (Lipinski definition) is 3. The second-order valence-corrected chi connectivity index (χ2v) is 6.98. The molecule has 3 amide bonds. The van der Waals surface area contributed by atoms with Crippen LogP contribution in [0.3, 0.4) is 0 Å². The molecule has 2 fully saturated rings. The van der Waals surface area contributed by atoms with E-state index in [9.17, 15) is 14.0 Å². The van der Waals surface area contributed by atoms with Crippen LogP contribution < -0.4 is 5.32 Å². The van der Waals surface area contributed by atoms with Crippen molar-refractivity contribution < 1.29 is 18.7 Å². The molecular formula is C18H24FN3O3. The maximum atomic E-state index is 14.2. The number of likely N-dealkylation sites (tertiary alicyclic amines) is 1. The number of nitrogens with zero attached hydrogens (tertiary/aromatic N) is 2. The van der Waals surface area contributed by atoms with Gasteiger partial charge in [0, 0.05) is 38.7 Å². The van der Waals surface area contributed by atoms with E-state index < -0.39 is 5.54 Å². The molecule has 0 radical (unpaired) electrons. The SMILES string of the molecule is CN(C)C(=O)N1CCC(C(=O)NC2(c3ccccc3F)COC2)CC1. The predicted molar refractivity (Wildman–Crippen MR) is 90.4 cm³/mol. The Kier molecular flexibility index (Phi) is 4.94. The summed E-state index contributed by atoms with van der Waals surface area (Å²) in [7, 11) is 3.44. The molecule has 0 spiro atoms. The average molecular weight is 349 g/mol. The number of rotatable bonds is 3. The molecule has 1 N–H and O–H groups in total. The van der Waals surface area contributed by atoms with Gasteiger partial charge in [-0.15, -0.1) is 0 Å². The normalized spacial score (nSPS) is 19.9. The Morgan fingerprint density at radius 2 is 1.88 bits per heavy atom. The van der Waals surface area contributed by atoms with E-state index in [4.69, 9.17) is 4.74 Å². The van der Waals surface area contributed by atoms with Gasteiger partial charge in [-0.25, -0.2) is 9.18 Å². The van der Waals surface area contributed by atoms with Crippen molar-refractivity contribution in [2.45, 2.75) is 18.4 Å². The largest absolute Gasteiger partial charge is 0.376 e. The van der Waals surface area contributed by atoms with E-state index in [1.165, 1.54) is 6.07 Å². The lowest BCUT2D eigenvalue weighted by Gasteiger charge is -2.44. The highest BCUT2D eigenvalue weighted by Crippen LogP contribution is 2.32. The second-order valence-electron chi connectivity index (χ2n) is 6.98. The lowest BCUT2D eigenvalue weighted by molar-refractivity contribution is -0.139. The summed E-state index contributed by atoms with van der Waals surface area (Å²) in [5, 5.41) is 3.01. The van der Waals surface area contributed by atoms with Crippen molar-refractivity contribution in [3.63, 3.8) is 0 Å². The molecule has 1 aromatic rings. The fraction of sp³-hybridized carbons (Fsp3) is 0.556. The van der Waals surface area contributed by atoms with Crippen molar-refractivity contribution >= 4 is 11.9 Å². The molecule has 2 saturated heterocycles. The topological polar surface area (TPSA) is 61.9 Å². The lowest BCUT2D eigenvalue weighted by Crippen LogP contribution is -2.61. The first-order chi connectivity index (χ1) is 11.9. The first kappa shape index (κ1) is 17.7. The molecule has 2 heterocycles. The van der Waals surface area contributed by atoms with Crippen molar-refractivity contribution in [1.29, 1.82) is 0 Å². The molecule has 1 aromatic carbocycles. The summed E-state index contributed by atoms with van der Waals surface area (Å²) in [6, 6.07) is 6.44. The highest BCUT2D eigenvalue weighted by atomic mass is 19.1. The summed E-state index contributed by atoms with van der Waals surface area (Å²) < 4.78 is 19.4. The smallest absolute Gasteiger partial charge is 0.319 e. The number of ether oxygens (including phenoxy) is 1. The van der Waals surface area contributed by atoms with E-state index in [1.807, 2.05) is 0 Å². The van der Waals surface area contributed by atoms with Crippen LogP contribution in [0.2, 0.25) is 0 Å². The fourth-order valence-corrected chi connectivity index (χ4v) is 3.40. The standard InChI is InChI=1S/C18H24FN3O3/c1-21(2)17(24)22-9-7-13(8-10-22)16(23)20-18(11-25-12-18)14-5-3-4-6-15(14)19/h3-6,13H,7-12H2,1-2H3,(H,20,23). The van der Waals surface area contributed by atoms with Crippen LogP contribution in [-0.2, 0) is 15.1 Å². The first-order valence-corrected chi connectivity index (χ1v) is 8.54. The molecule has 0 unspecified atom stereocenters. The van der Waals surface area contributed by atoms with E-state index in [0.29, 0.717) is 31.5 Å². The molecule has 2 aliphatic heterocycles. The Bertz CT molecular complexity index is 653. The quantitative estimate of drug-likeness (QED) is 0.901. The van der Waals surface area contributed by atoms with Gasteiger partial charge in [0.25, 0.3) is 0 Å². The van der Waals surface area contributed by atoms with Crippen molar-refractivity contribution in [3.05, 3.63) is 35.6 Å². The zero-order valence-electron chi connectivity index (χ0n) is 14.6. The summed E-state index contributed by atoms with van der Waals surface area (Å²) in [6.45, 7) is 1.66. The van der Waals surface area contributed by atoms with Crippen LogP contribution >= 0.6 is 0 Å². The van der Waals surface area contributed by atoms with Crippen molar-refractivity contribution in [2.75, 3.05) is 40.4 Å². The summed E-state index contributed by atoms with van der Waals surface area (Å²) in [5.74, 6) is -0.600. The van der Waals surface area contributed by atoms with Gasteiger partial charge in [0.1, 0.15) is 11.4 Å². The first-order valence-electron chi connectivity index (χ1n) is 8.54. The number of carbonyl (C=O) groups excluding carboxylic acids is 2. The Balaban J connectivity index is 1.63. The molecule has 0 aromatic heterocycles. The van der Waals surface area contributed by atoms with Crippen LogP contribution in [0.25, 0.3) is 0 Å². The third-order valence-corrected chi connectivity index (χ3v) is 4.97. The minimum atomic E-state index is -0.779. The Labute approximate surface area is 146 Å². The number of halogens is 1. The summed E-state index contributed by atoms with van der Waals surface area (Å²) in [4.78, 5) is 28.0. The molecule has 0 atom stereocenters. The maximum Gasteiger partial charge on any atom is 0.319 e. The summed E-state index contributed by atoms with van der Waals surface area (Å²) in [6.07, 6.45) is 1.22. The van der Waals surface area contributed by atoms with Crippen molar-refractivity contribution in [2.24, 2.45) is 5.92 Å². The molecule has 25 heavy (non-hydrogen) atoms. The monoisotopic (exact) mass is 349 g/mol. The number of nitrogens with one attached hydrogen (secondary N) is 1. The molecular weight excluding hydrogens is 325 g/mol. The number of benzene rings is 1. The fourth-order valence-electron chi connectivity index (χ4n) is 3.40. The minimum Gasteiger partial charge on any atom is -0.376 e. The van der Waals surface area contributed by atoms with E-state index in [0.717, 1.165) is 0 Å². The number of amides is 3. The van der Waals surface area contributed by atoms with Gasteiger partial charge in [-0.1, -0.05) is 18.2 Å². The van der Waals surface area contributed by atoms with Crippen molar-refractivity contribution in [3.8, 4) is 0 Å². The van der Waals surface area contributed by atoms with Gasteiger partial charge in [0.2, 0.25) is 5.91 Å². The van der Waals surface area contributed by atoms with Gasteiger partial charge in [-0.05, 0) is 18.9 Å². The Morgan fingerprint density at radius 3 is 2.40 bits per heavy atom.